The van der Waals surface area contributed by atoms with Gasteiger partial charge in [-0.15, -0.1) is 0 Å². The van der Waals surface area contributed by atoms with Crippen molar-refractivity contribution in [1.82, 2.24) is 0 Å². The first-order chi connectivity index (χ1) is 19.1. The average Bonchev–Trinajstić information content (AvgIpc) is 2.92. The van der Waals surface area contributed by atoms with E-state index in [-0.39, 0.29) is 6.54 Å². The summed E-state index contributed by atoms with van der Waals surface area (Å²) in [6.07, 6.45) is 29.2. The first kappa shape index (κ1) is 38.1. The fraction of sp³-hybridized carbons (Fsp3) is 0.848. The zero-order chi connectivity index (χ0) is 30.2. The molecule has 0 rings (SSSR count). The molecule has 0 aliphatic heterocycles. The number of allylic oxidation sites excluding steroid dienone is 2. The maximum absolute atomic E-state index is 11.8. The molecule has 234 valence electrons. The Hall–Kier alpha value is -1.89. The molecule has 0 bridgehead atoms. The van der Waals surface area contributed by atoms with Gasteiger partial charge in [0.1, 0.15) is 6.04 Å². The van der Waals surface area contributed by atoms with Crippen molar-refractivity contribution in [3.8, 4) is 0 Å². The molecule has 2 N–H and O–H groups in total. The van der Waals surface area contributed by atoms with Crippen molar-refractivity contribution in [1.29, 1.82) is 0 Å². The number of carboxylic acid groups (broad SMARTS) is 3. The molecule has 0 spiro atoms. The van der Waals surface area contributed by atoms with Crippen LogP contribution in [0.5, 0.6) is 0 Å². The molecule has 7 nitrogen and oxygen atoms in total. The highest BCUT2D eigenvalue weighted by Crippen LogP contribution is 2.27. The van der Waals surface area contributed by atoms with E-state index in [9.17, 15) is 29.7 Å². The molecule has 7 heteroatoms. The summed E-state index contributed by atoms with van der Waals surface area (Å²) in [6, 6.07) is -3.59. The minimum Gasteiger partial charge on any atom is -0.544 e. The van der Waals surface area contributed by atoms with E-state index >= 15 is 0 Å². The Labute approximate surface area is 245 Å². The van der Waals surface area contributed by atoms with Crippen LogP contribution in [0.3, 0.4) is 0 Å². The summed E-state index contributed by atoms with van der Waals surface area (Å²) in [5, 5.41) is 31.0. The molecule has 0 radical (unpaired) electrons. The third kappa shape index (κ3) is 15.8. The van der Waals surface area contributed by atoms with Gasteiger partial charge in [-0.25, -0.2) is 9.59 Å². The molecule has 0 saturated carbocycles. The lowest BCUT2D eigenvalue weighted by Gasteiger charge is -2.49. The van der Waals surface area contributed by atoms with Gasteiger partial charge >= 0.3 is 11.9 Å². The van der Waals surface area contributed by atoms with Crippen LogP contribution < -0.4 is 5.11 Å². The predicted molar refractivity (Wildman–Crippen MR) is 161 cm³/mol. The maximum atomic E-state index is 11.8. The number of quaternary nitrogens is 1. The SMILES string of the molecule is CCCCCCCCCCCCCCCCC/C=C/CCCCC[N+](C(C)C(=O)[O-])(C(C)C(=O)O)C(C)C(=O)O. The number of aliphatic carboxylic acids is 3. The van der Waals surface area contributed by atoms with Crippen molar-refractivity contribution >= 4 is 17.9 Å². The second kappa shape index (κ2) is 23.8. The third-order valence-corrected chi connectivity index (χ3v) is 8.78. The number of rotatable bonds is 28. The molecule has 0 aromatic heterocycles. The van der Waals surface area contributed by atoms with Gasteiger partial charge in [0.05, 0.1) is 12.5 Å². The first-order valence-corrected chi connectivity index (χ1v) is 16.3. The zero-order valence-corrected chi connectivity index (χ0v) is 26.2. The smallest absolute Gasteiger partial charge is 0.362 e. The van der Waals surface area contributed by atoms with Gasteiger partial charge in [0.2, 0.25) is 0 Å². The van der Waals surface area contributed by atoms with Crippen LogP contribution in [0, 0.1) is 0 Å². The molecule has 0 aliphatic rings. The highest BCUT2D eigenvalue weighted by atomic mass is 16.4. The molecule has 0 aromatic carbocycles. The van der Waals surface area contributed by atoms with Crippen molar-refractivity contribution in [2.24, 2.45) is 0 Å². The molecular formula is C33H61NO6. The molecule has 0 heterocycles. The molecule has 0 amide bonds. The number of carbonyl (C=O) groups excluding carboxylic acids is 1. The van der Waals surface area contributed by atoms with Gasteiger partial charge in [-0.3, -0.25) is 4.48 Å². The second-order valence-corrected chi connectivity index (χ2v) is 11.8. The number of unbranched alkanes of at least 4 members (excludes halogenated alkanes) is 18. The van der Waals surface area contributed by atoms with Crippen molar-refractivity contribution in [2.45, 2.75) is 174 Å². The lowest BCUT2D eigenvalue weighted by atomic mass is 10.00. The van der Waals surface area contributed by atoms with Crippen LogP contribution in [-0.4, -0.2) is 57.3 Å². The van der Waals surface area contributed by atoms with Crippen LogP contribution in [0.4, 0.5) is 0 Å². The Morgan fingerprint density at radius 2 is 0.900 bits per heavy atom. The lowest BCUT2D eigenvalue weighted by Crippen LogP contribution is -2.72. The average molecular weight is 568 g/mol. The summed E-state index contributed by atoms with van der Waals surface area (Å²) < 4.78 is -0.554. The van der Waals surface area contributed by atoms with E-state index in [0.717, 1.165) is 25.7 Å². The Balaban J connectivity index is 4.03. The maximum Gasteiger partial charge on any atom is 0.362 e. The lowest BCUT2D eigenvalue weighted by molar-refractivity contribution is -0.969. The summed E-state index contributed by atoms with van der Waals surface area (Å²) in [5.74, 6) is -3.84. The number of carboxylic acids is 3. The Morgan fingerprint density at radius 1 is 0.575 bits per heavy atom. The normalized spacial score (nSPS) is 15.5. The summed E-state index contributed by atoms with van der Waals surface area (Å²) in [7, 11) is 0. The molecule has 0 saturated heterocycles. The van der Waals surface area contributed by atoms with Crippen LogP contribution in [0.15, 0.2) is 12.2 Å². The van der Waals surface area contributed by atoms with Crippen molar-refractivity contribution in [3.63, 3.8) is 0 Å². The highest BCUT2D eigenvalue weighted by molar-refractivity contribution is 5.76. The molecule has 0 fully saturated rings. The number of nitrogens with zero attached hydrogens (tertiary/aromatic N) is 1. The van der Waals surface area contributed by atoms with Gasteiger partial charge in [-0.05, 0) is 59.3 Å². The predicted octanol–water partition coefficient (Wildman–Crippen LogP) is 7.27. The largest absolute Gasteiger partial charge is 0.544 e. The van der Waals surface area contributed by atoms with Gasteiger partial charge < -0.3 is 20.1 Å². The quantitative estimate of drug-likeness (QED) is 0.0584. The van der Waals surface area contributed by atoms with Crippen LogP contribution in [0.1, 0.15) is 156 Å². The van der Waals surface area contributed by atoms with Crippen molar-refractivity contribution in [2.75, 3.05) is 6.54 Å². The summed E-state index contributed by atoms with van der Waals surface area (Å²) >= 11 is 0. The molecular weight excluding hydrogens is 506 g/mol. The zero-order valence-electron chi connectivity index (χ0n) is 26.2. The van der Waals surface area contributed by atoms with E-state index < -0.39 is 40.5 Å². The van der Waals surface area contributed by atoms with Gasteiger partial charge in [-0.1, -0.05) is 109 Å². The summed E-state index contributed by atoms with van der Waals surface area (Å²) in [6.45, 7) is 6.57. The monoisotopic (exact) mass is 567 g/mol. The van der Waals surface area contributed by atoms with Crippen molar-refractivity contribution < 1.29 is 34.2 Å². The van der Waals surface area contributed by atoms with Crippen LogP contribution >= 0.6 is 0 Å². The molecule has 40 heavy (non-hydrogen) atoms. The third-order valence-electron chi connectivity index (χ3n) is 8.78. The standard InChI is InChI=1S/C33H61NO6/c1-5-6-7-8-9-10-11-12-13-14-15-16-17-18-19-20-21-22-23-24-25-26-27-34(28(2)31(35)36,29(3)32(37)38)30(4)33(39)40/h21-22,28-30H,5-20,23-27H2,1-4H3,(H2-,35,36,37,38,39,40)/b22-21+. The summed E-state index contributed by atoms with van der Waals surface area (Å²) in [4.78, 5) is 35.3. The Bertz CT molecular complexity index is 657. The first-order valence-electron chi connectivity index (χ1n) is 16.3. The van der Waals surface area contributed by atoms with Gasteiger partial charge in [-0.2, -0.15) is 0 Å². The van der Waals surface area contributed by atoms with E-state index in [2.05, 4.69) is 19.1 Å². The van der Waals surface area contributed by atoms with E-state index in [1.54, 1.807) is 0 Å². The topological polar surface area (TPSA) is 115 Å². The number of carbonyl (C=O) groups is 3. The van der Waals surface area contributed by atoms with Gasteiger partial charge in [0, 0.05) is 0 Å². The minimum atomic E-state index is -1.43. The Morgan fingerprint density at radius 3 is 1.23 bits per heavy atom. The fourth-order valence-corrected chi connectivity index (χ4v) is 5.89. The van der Waals surface area contributed by atoms with Crippen molar-refractivity contribution in [3.05, 3.63) is 12.2 Å². The number of hydrogen-bond donors (Lipinski definition) is 2. The van der Waals surface area contributed by atoms with Crippen LogP contribution in [0.2, 0.25) is 0 Å². The molecule has 0 aromatic rings. The molecule has 3 unspecified atom stereocenters. The van der Waals surface area contributed by atoms with E-state index in [4.69, 9.17) is 0 Å². The van der Waals surface area contributed by atoms with Gasteiger partial charge in [0.15, 0.2) is 12.1 Å². The van der Waals surface area contributed by atoms with Crippen LogP contribution in [0.25, 0.3) is 0 Å². The Kier molecular flexibility index (Phi) is 22.7. The van der Waals surface area contributed by atoms with E-state index in [1.165, 1.54) is 117 Å². The minimum absolute atomic E-state index is 0.166. The van der Waals surface area contributed by atoms with Crippen LogP contribution in [-0.2, 0) is 14.4 Å². The number of hydrogen-bond acceptors (Lipinski definition) is 4. The van der Waals surface area contributed by atoms with Gasteiger partial charge in [0.25, 0.3) is 0 Å². The summed E-state index contributed by atoms with van der Waals surface area (Å²) in [5.41, 5.74) is 0. The highest BCUT2D eigenvalue weighted by Gasteiger charge is 2.50. The van der Waals surface area contributed by atoms with E-state index in [0.29, 0.717) is 6.42 Å². The molecule has 0 aliphatic carbocycles. The second-order valence-electron chi connectivity index (χ2n) is 11.8. The van der Waals surface area contributed by atoms with E-state index in [1.807, 2.05) is 0 Å². The fourth-order valence-electron chi connectivity index (χ4n) is 5.89. The molecule has 3 atom stereocenters.